The van der Waals surface area contributed by atoms with Gasteiger partial charge in [-0.25, -0.2) is 8.42 Å². The zero-order valence-corrected chi connectivity index (χ0v) is 15.9. The molecular weight excluding hydrogens is 360 g/mol. The molecule has 0 aliphatic rings. The first kappa shape index (κ1) is 19.3. The van der Waals surface area contributed by atoms with Crippen molar-refractivity contribution in [2.24, 2.45) is 0 Å². The first-order valence-corrected chi connectivity index (χ1v) is 10.0. The average molecular weight is 381 g/mol. The summed E-state index contributed by atoms with van der Waals surface area (Å²) in [5.41, 5.74) is 2.17. The summed E-state index contributed by atoms with van der Waals surface area (Å²) < 4.78 is 25.1. The van der Waals surface area contributed by atoms with Gasteiger partial charge in [0.25, 0.3) is 0 Å². The molecule has 5 nitrogen and oxygen atoms in total. The topological polar surface area (TPSA) is 66.5 Å². The third kappa shape index (κ3) is 5.47. The molecule has 0 radical (unpaired) electrons. The van der Waals surface area contributed by atoms with Crippen LogP contribution in [-0.2, 0) is 14.8 Å². The second-order valence-electron chi connectivity index (χ2n) is 6.07. The van der Waals surface area contributed by atoms with Gasteiger partial charge in [0, 0.05) is 10.7 Å². The highest BCUT2D eigenvalue weighted by Gasteiger charge is 2.20. The molecule has 0 bridgehead atoms. The fourth-order valence-electron chi connectivity index (χ4n) is 2.29. The van der Waals surface area contributed by atoms with Crippen molar-refractivity contribution in [3.63, 3.8) is 0 Å². The summed E-state index contributed by atoms with van der Waals surface area (Å²) in [4.78, 5) is 12.3. The summed E-state index contributed by atoms with van der Waals surface area (Å²) in [6, 6.07) is 13.8. The minimum absolute atomic E-state index is 0.313. The Morgan fingerprint density at radius 3 is 2.12 bits per heavy atom. The summed E-state index contributed by atoms with van der Waals surface area (Å²) in [5, 5.41) is 3.21. The van der Waals surface area contributed by atoms with Crippen molar-refractivity contribution in [3.8, 4) is 0 Å². The number of rotatable bonds is 6. The van der Waals surface area contributed by atoms with Gasteiger partial charge in [0.15, 0.2) is 0 Å². The zero-order chi connectivity index (χ0) is 18.6. The van der Waals surface area contributed by atoms with E-state index < -0.39 is 15.9 Å². The van der Waals surface area contributed by atoms with E-state index in [2.05, 4.69) is 19.2 Å². The van der Waals surface area contributed by atoms with Crippen LogP contribution in [0.1, 0.15) is 25.3 Å². The molecule has 0 atom stereocenters. The third-order valence-electron chi connectivity index (χ3n) is 3.66. The van der Waals surface area contributed by atoms with E-state index in [1.54, 1.807) is 36.4 Å². The van der Waals surface area contributed by atoms with Crippen molar-refractivity contribution in [2.75, 3.05) is 22.4 Å². The van der Waals surface area contributed by atoms with Gasteiger partial charge >= 0.3 is 0 Å². The van der Waals surface area contributed by atoms with E-state index >= 15 is 0 Å². The van der Waals surface area contributed by atoms with Crippen LogP contribution < -0.4 is 9.62 Å². The number of hydrogen-bond donors (Lipinski definition) is 1. The predicted molar refractivity (Wildman–Crippen MR) is 103 cm³/mol. The van der Waals surface area contributed by atoms with Crippen molar-refractivity contribution in [1.82, 2.24) is 0 Å². The van der Waals surface area contributed by atoms with Crippen LogP contribution in [-0.4, -0.2) is 27.1 Å². The fourth-order valence-corrected chi connectivity index (χ4v) is 3.27. The van der Waals surface area contributed by atoms with Crippen molar-refractivity contribution >= 4 is 38.9 Å². The number of hydrogen-bond acceptors (Lipinski definition) is 3. The minimum Gasteiger partial charge on any atom is -0.325 e. The molecule has 0 saturated heterocycles. The number of carbonyl (C=O) groups is 1. The van der Waals surface area contributed by atoms with Gasteiger partial charge in [-0.1, -0.05) is 37.6 Å². The molecule has 1 N–H and O–H groups in total. The number of carbonyl (C=O) groups excluding carboxylic acids is 1. The van der Waals surface area contributed by atoms with E-state index in [-0.39, 0.29) is 6.54 Å². The highest BCUT2D eigenvalue weighted by atomic mass is 35.5. The zero-order valence-electron chi connectivity index (χ0n) is 14.4. The molecule has 0 aromatic heterocycles. The van der Waals surface area contributed by atoms with E-state index in [1.807, 2.05) is 12.1 Å². The van der Waals surface area contributed by atoms with Gasteiger partial charge in [-0.05, 0) is 47.9 Å². The summed E-state index contributed by atoms with van der Waals surface area (Å²) in [7, 11) is -3.61. The van der Waals surface area contributed by atoms with Gasteiger partial charge in [0.2, 0.25) is 15.9 Å². The van der Waals surface area contributed by atoms with Crippen LogP contribution in [0.4, 0.5) is 11.4 Å². The Kier molecular flexibility index (Phi) is 6.08. The molecule has 0 heterocycles. The first-order chi connectivity index (χ1) is 11.7. The Bertz CT molecular complexity index is 832. The van der Waals surface area contributed by atoms with Crippen molar-refractivity contribution in [2.45, 2.75) is 19.8 Å². The molecule has 0 spiro atoms. The maximum Gasteiger partial charge on any atom is 0.245 e. The molecule has 7 heteroatoms. The molecule has 0 fully saturated rings. The second kappa shape index (κ2) is 7.89. The molecule has 0 aliphatic carbocycles. The first-order valence-electron chi connectivity index (χ1n) is 7.80. The number of sulfonamides is 1. The maximum atomic E-state index is 12.3. The molecule has 2 aromatic rings. The lowest BCUT2D eigenvalue weighted by atomic mass is 10.0. The standard InChI is InChI=1S/C18H21ClN2O3S/c1-13(2)14-4-8-16(9-5-14)20-18(22)12-21(25(3,23)24)17-10-6-15(19)7-11-17/h4-11,13H,12H2,1-3H3,(H,20,22). The molecular formula is C18H21ClN2O3S. The largest absolute Gasteiger partial charge is 0.325 e. The van der Waals surface area contributed by atoms with Crippen molar-refractivity contribution in [3.05, 3.63) is 59.1 Å². The Labute approximate surface area is 153 Å². The van der Waals surface area contributed by atoms with Crippen LogP contribution in [0.3, 0.4) is 0 Å². The lowest BCUT2D eigenvalue weighted by Gasteiger charge is -2.22. The van der Waals surface area contributed by atoms with Gasteiger partial charge in [-0.2, -0.15) is 0 Å². The summed E-state index contributed by atoms with van der Waals surface area (Å²) in [6.45, 7) is 3.86. The lowest BCUT2D eigenvalue weighted by molar-refractivity contribution is -0.114. The minimum atomic E-state index is -3.61. The number of benzene rings is 2. The van der Waals surface area contributed by atoms with Crippen molar-refractivity contribution < 1.29 is 13.2 Å². The van der Waals surface area contributed by atoms with E-state index in [0.29, 0.717) is 22.3 Å². The van der Waals surface area contributed by atoms with Gasteiger partial charge < -0.3 is 5.32 Å². The Morgan fingerprint density at radius 1 is 1.08 bits per heavy atom. The molecule has 25 heavy (non-hydrogen) atoms. The van der Waals surface area contributed by atoms with Gasteiger partial charge in [-0.15, -0.1) is 0 Å². The second-order valence-corrected chi connectivity index (χ2v) is 8.41. The average Bonchev–Trinajstić information content (AvgIpc) is 2.53. The van der Waals surface area contributed by atoms with Crippen molar-refractivity contribution in [1.29, 1.82) is 0 Å². The molecule has 2 aromatic carbocycles. The van der Waals surface area contributed by atoms with E-state index in [4.69, 9.17) is 11.6 Å². The van der Waals surface area contributed by atoms with Gasteiger partial charge in [-0.3, -0.25) is 9.10 Å². The number of amides is 1. The molecule has 0 unspecified atom stereocenters. The van der Waals surface area contributed by atoms with Crippen LogP contribution in [0, 0.1) is 0 Å². The summed E-state index contributed by atoms with van der Waals surface area (Å²) >= 11 is 5.83. The smallest absolute Gasteiger partial charge is 0.245 e. The van der Waals surface area contributed by atoms with Crippen LogP contribution >= 0.6 is 11.6 Å². The van der Waals surface area contributed by atoms with E-state index in [1.165, 1.54) is 0 Å². The molecule has 0 saturated carbocycles. The quantitative estimate of drug-likeness (QED) is 0.827. The van der Waals surface area contributed by atoms with Gasteiger partial charge in [0.05, 0.1) is 11.9 Å². The third-order valence-corrected chi connectivity index (χ3v) is 5.06. The lowest BCUT2D eigenvalue weighted by Crippen LogP contribution is -2.37. The summed E-state index contributed by atoms with van der Waals surface area (Å²) in [5.74, 6) is -0.0203. The summed E-state index contributed by atoms with van der Waals surface area (Å²) in [6.07, 6.45) is 1.06. The normalized spacial score (nSPS) is 11.4. The van der Waals surface area contributed by atoms with Crippen LogP contribution in [0.5, 0.6) is 0 Å². The van der Waals surface area contributed by atoms with E-state index in [9.17, 15) is 13.2 Å². The molecule has 2 rings (SSSR count). The number of nitrogens with zero attached hydrogens (tertiary/aromatic N) is 1. The Morgan fingerprint density at radius 2 is 1.64 bits per heavy atom. The SMILES string of the molecule is CC(C)c1ccc(NC(=O)CN(c2ccc(Cl)cc2)S(C)(=O)=O)cc1. The Hall–Kier alpha value is -2.05. The molecule has 134 valence electrons. The van der Waals surface area contributed by atoms with Crippen LogP contribution in [0.25, 0.3) is 0 Å². The van der Waals surface area contributed by atoms with Crippen LogP contribution in [0.15, 0.2) is 48.5 Å². The van der Waals surface area contributed by atoms with Gasteiger partial charge in [0.1, 0.15) is 6.54 Å². The number of anilines is 2. The van der Waals surface area contributed by atoms with Crippen LogP contribution in [0.2, 0.25) is 5.02 Å². The fraction of sp³-hybridized carbons (Fsp3) is 0.278. The molecule has 0 aliphatic heterocycles. The highest BCUT2D eigenvalue weighted by molar-refractivity contribution is 7.92. The predicted octanol–water partition coefficient (Wildman–Crippen LogP) is 3.87. The maximum absolute atomic E-state index is 12.3. The Balaban J connectivity index is 2.13. The highest BCUT2D eigenvalue weighted by Crippen LogP contribution is 2.21. The number of nitrogens with one attached hydrogen (secondary N) is 1. The molecule has 1 amide bonds. The number of halogens is 1. The van der Waals surface area contributed by atoms with E-state index in [0.717, 1.165) is 16.1 Å². The monoisotopic (exact) mass is 380 g/mol.